The van der Waals surface area contributed by atoms with Crippen molar-refractivity contribution in [3.8, 4) is 12.3 Å². The number of terminal acetylenes is 1. The summed E-state index contributed by atoms with van der Waals surface area (Å²) in [5, 5.41) is 2.85. The summed E-state index contributed by atoms with van der Waals surface area (Å²) in [5.41, 5.74) is 0.228. The molecule has 4 nitrogen and oxygen atoms in total. The van der Waals surface area contributed by atoms with Crippen LogP contribution in [0.2, 0.25) is 5.15 Å². The van der Waals surface area contributed by atoms with E-state index in [0.717, 1.165) is 0 Å². The molecule has 0 aromatic carbocycles. The summed E-state index contributed by atoms with van der Waals surface area (Å²) < 4.78 is 0. The second kappa shape index (κ2) is 5.20. The van der Waals surface area contributed by atoms with Crippen LogP contribution < -0.4 is 5.32 Å². The first-order valence-electron chi connectivity index (χ1n) is 3.93. The molecule has 0 fully saturated rings. The Kier molecular flexibility index (Phi) is 3.89. The van der Waals surface area contributed by atoms with Crippen LogP contribution in [0.25, 0.3) is 0 Å². The normalized spacial score (nSPS) is 9.14. The van der Waals surface area contributed by atoms with Crippen molar-refractivity contribution in [2.24, 2.45) is 0 Å². The summed E-state index contributed by atoms with van der Waals surface area (Å²) in [7, 11) is 0. The Morgan fingerprint density at radius 2 is 2.36 bits per heavy atom. The van der Waals surface area contributed by atoms with Crippen molar-refractivity contribution in [3.05, 3.63) is 23.2 Å². The molecule has 0 aliphatic rings. The topological polar surface area (TPSA) is 54.9 Å². The van der Waals surface area contributed by atoms with Crippen molar-refractivity contribution in [1.82, 2.24) is 15.3 Å². The van der Waals surface area contributed by atoms with E-state index >= 15 is 0 Å². The van der Waals surface area contributed by atoms with Crippen LogP contribution in [0.3, 0.4) is 0 Å². The summed E-state index contributed by atoms with van der Waals surface area (Å²) in [4.78, 5) is 18.8. The fraction of sp³-hybridized carbons (Fsp3) is 0.222. The standard InChI is InChI=1S/C9H8ClN3O/c1-2-3-4-11-9(14)7-5-13-8(10)6-12-7/h1,5-6H,3-4H2,(H,11,14). The van der Waals surface area contributed by atoms with Gasteiger partial charge in [-0.05, 0) is 0 Å². The lowest BCUT2D eigenvalue weighted by Gasteiger charge is -2.00. The van der Waals surface area contributed by atoms with E-state index in [2.05, 4.69) is 21.2 Å². The van der Waals surface area contributed by atoms with E-state index in [1.807, 2.05) is 0 Å². The van der Waals surface area contributed by atoms with Crippen LogP contribution in [0, 0.1) is 12.3 Å². The van der Waals surface area contributed by atoms with Crippen LogP contribution in [0.1, 0.15) is 16.9 Å². The third-order valence-electron chi connectivity index (χ3n) is 1.41. The summed E-state index contributed by atoms with van der Waals surface area (Å²) in [6.07, 6.45) is 8.15. The summed E-state index contributed by atoms with van der Waals surface area (Å²) in [6, 6.07) is 0. The number of carbonyl (C=O) groups is 1. The highest BCUT2D eigenvalue weighted by Crippen LogP contribution is 2.00. The Balaban J connectivity index is 2.53. The van der Waals surface area contributed by atoms with Crippen molar-refractivity contribution in [3.63, 3.8) is 0 Å². The Morgan fingerprint density at radius 1 is 1.57 bits per heavy atom. The lowest BCUT2D eigenvalue weighted by Crippen LogP contribution is -2.25. The highest BCUT2D eigenvalue weighted by atomic mass is 35.5. The van der Waals surface area contributed by atoms with Gasteiger partial charge in [0.1, 0.15) is 10.8 Å². The molecule has 72 valence electrons. The number of hydrogen-bond acceptors (Lipinski definition) is 3. The summed E-state index contributed by atoms with van der Waals surface area (Å²) in [5.74, 6) is 2.11. The second-order valence-electron chi connectivity index (χ2n) is 2.43. The van der Waals surface area contributed by atoms with Crippen molar-refractivity contribution < 1.29 is 4.79 Å². The molecular weight excluding hydrogens is 202 g/mol. The van der Waals surface area contributed by atoms with Gasteiger partial charge >= 0.3 is 0 Å². The van der Waals surface area contributed by atoms with Crippen molar-refractivity contribution in [2.45, 2.75) is 6.42 Å². The van der Waals surface area contributed by atoms with Crippen LogP contribution in [0.4, 0.5) is 0 Å². The largest absolute Gasteiger partial charge is 0.350 e. The maximum Gasteiger partial charge on any atom is 0.271 e. The first-order chi connectivity index (χ1) is 6.74. The first-order valence-corrected chi connectivity index (χ1v) is 4.31. The Labute approximate surface area is 86.7 Å². The van der Waals surface area contributed by atoms with Crippen LogP contribution in [-0.4, -0.2) is 22.4 Å². The molecule has 0 saturated heterocycles. The van der Waals surface area contributed by atoms with Gasteiger partial charge in [0, 0.05) is 13.0 Å². The average molecular weight is 210 g/mol. The minimum Gasteiger partial charge on any atom is -0.350 e. The van der Waals surface area contributed by atoms with Gasteiger partial charge in [0.15, 0.2) is 0 Å². The van der Waals surface area contributed by atoms with Crippen LogP contribution >= 0.6 is 11.6 Å². The van der Waals surface area contributed by atoms with Crippen LogP contribution in [-0.2, 0) is 0 Å². The van der Waals surface area contributed by atoms with E-state index in [4.69, 9.17) is 18.0 Å². The van der Waals surface area contributed by atoms with Crippen molar-refractivity contribution in [2.75, 3.05) is 6.54 Å². The van der Waals surface area contributed by atoms with Crippen LogP contribution in [0.15, 0.2) is 12.4 Å². The number of rotatable bonds is 3. The minimum atomic E-state index is -0.301. The van der Waals surface area contributed by atoms with Gasteiger partial charge in [-0.25, -0.2) is 9.97 Å². The maximum absolute atomic E-state index is 11.3. The van der Waals surface area contributed by atoms with Gasteiger partial charge in [-0.15, -0.1) is 12.3 Å². The van der Waals surface area contributed by atoms with E-state index in [9.17, 15) is 4.79 Å². The van der Waals surface area contributed by atoms with Gasteiger partial charge in [0.2, 0.25) is 0 Å². The molecule has 0 atom stereocenters. The number of aromatic nitrogens is 2. The Morgan fingerprint density at radius 3 is 2.93 bits per heavy atom. The summed E-state index contributed by atoms with van der Waals surface area (Å²) >= 11 is 5.51. The highest BCUT2D eigenvalue weighted by Gasteiger charge is 2.05. The third kappa shape index (κ3) is 3.04. The lowest BCUT2D eigenvalue weighted by atomic mass is 10.4. The maximum atomic E-state index is 11.3. The van der Waals surface area contributed by atoms with Crippen LogP contribution in [0.5, 0.6) is 0 Å². The molecule has 1 N–H and O–H groups in total. The Hall–Kier alpha value is -1.60. The average Bonchev–Trinajstić information content (AvgIpc) is 2.19. The predicted molar refractivity (Wildman–Crippen MR) is 52.8 cm³/mol. The molecule has 14 heavy (non-hydrogen) atoms. The van der Waals surface area contributed by atoms with Gasteiger partial charge in [0.05, 0.1) is 12.4 Å². The zero-order valence-electron chi connectivity index (χ0n) is 7.33. The number of hydrogen-bond donors (Lipinski definition) is 1. The fourth-order valence-corrected chi connectivity index (χ4v) is 0.866. The number of halogens is 1. The van der Waals surface area contributed by atoms with E-state index in [1.165, 1.54) is 12.4 Å². The predicted octanol–water partition coefficient (Wildman–Crippen LogP) is 0.883. The van der Waals surface area contributed by atoms with Crippen molar-refractivity contribution in [1.29, 1.82) is 0 Å². The van der Waals surface area contributed by atoms with E-state index < -0.39 is 0 Å². The molecule has 1 heterocycles. The van der Waals surface area contributed by atoms with E-state index in [0.29, 0.717) is 13.0 Å². The van der Waals surface area contributed by atoms with Gasteiger partial charge in [-0.3, -0.25) is 4.79 Å². The number of nitrogens with one attached hydrogen (secondary N) is 1. The zero-order valence-corrected chi connectivity index (χ0v) is 8.08. The van der Waals surface area contributed by atoms with Gasteiger partial charge in [0.25, 0.3) is 5.91 Å². The van der Waals surface area contributed by atoms with Crippen molar-refractivity contribution >= 4 is 17.5 Å². The number of carbonyl (C=O) groups excluding carboxylic acids is 1. The molecule has 0 aliphatic carbocycles. The van der Waals surface area contributed by atoms with E-state index in [1.54, 1.807) is 0 Å². The quantitative estimate of drug-likeness (QED) is 0.594. The highest BCUT2D eigenvalue weighted by molar-refractivity contribution is 6.29. The molecule has 1 amide bonds. The third-order valence-corrected chi connectivity index (χ3v) is 1.60. The monoisotopic (exact) mass is 209 g/mol. The Bertz CT molecular complexity index is 355. The number of amides is 1. The van der Waals surface area contributed by atoms with Gasteiger partial charge in [-0.2, -0.15) is 0 Å². The number of nitrogens with zero attached hydrogens (tertiary/aromatic N) is 2. The second-order valence-corrected chi connectivity index (χ2v) is 2.82. The molecule has 0 radical (unpaired) electrons. The molecule has 1 aromatic rings. The zero-order chi connectivity index (χ0) is 10.4. The molecule has 1 aromatic heterocycles. The molecule has 0 aliphatic heterocycles. The smallest absolute Gasteiger partial charge is 0.271 e. The minimum absolute atomic E-state index is 0.228. The van der Waals surface area contributed by atoms with E-state index in [-0.39, 0.29) is 16.8 Å². The molecule has 5 heteroatoms. The SMILES string of the molecule is C#CCCNC(=O)c1cnc(Cl)cn1. The molecule has 1 rings (SSSR count). The van der Waals surface area contributed by atoms with Gasteiger partial charge in [-0.1, -0.05) is 11.6 Å². The molecule has 0 unspecified atom stereocenters. The fourth-order valence-electron chi connectivity index (χ4n) is 0.768. The molecular formula is C9H8ClN3O. The summed E-state index contributed by atoms with van der Waals surface area (Å²) in [6.45, 7) is 0.430. The van der Waals surface area contributed by atoms with Gasteiger partial charge < -0.3 is 5.32 Å². The molecule has 0 bridgehead atoms. The lowest BCUT2D eigenvalue weighted by molar-refractivity contribution is 0.0949. The first kappa shape index (κ1) is 10.5. The molecule has 0 spiro atoms. The molecule has 0 saturated carbocycles.